The van der Waals surface area contributed by atoms with Gasteiger partial charge < -0.3 is 4.74 Å². The smallest absolute Gasteiger partial charge is 0.217 e. The van der Waals surface area contributed by atoms with Gasteiger partial charge in [0.25, 0.3) is 0 Å². The largest absolute Gasteiger partial charge is 0.463 e. The summed E-state index contributed by atoms with van der Waals surface area (Å²) in [6.07, 6.45) is 5.01. The van der Waals surface area contributed by atoms with Crippen molar-refractivity contribution in [1.82, 2.24) is 5.48 Å². The normalized spacial score (nSPS) is 26.5. The van der Waals surface area contributed by atoms with Gasteiger partial charge >= 0.3 is 0 Å². The van der Waals surface area contributed by atoms with Crippen molar-refractivity contribution in [3.8, 4) is 5.75 Å². The van der Waals surface area contributed by atoms with Gasteiger partial charge in [0, 0.05) is 30.3 Å². The molecule has 1 saturated heterocycles. The third kappa shape index (κ3) is 6.95. The number of Topliss-reactive ketones (excluding diaryl/α,β-unsaturated/α-hetero) is 2. The molecule has 172 valence electrons. The van der Waals surface area contributed by atoms with Crippen LogP contribution in [0, 0.1) is 17.8 Å². The summed E-state index contributed by atoms with van der Waals surface area (Å²) >= 11 is 7.88. The molecule has 3 unspecified atom stereocenters. The summed E-state index contributed by atoms with van der Waals surface area (Å²) < 4.78 is 5.87. The minimum Gasteiger partial charge on any atom is -0.463 e. The Labute approximate surface area is 194 Å². The Kier molecular flexibility index (Phi) is 9.70. The molecule has 1 aliphatic heterocycles. The average Bonchev–Trinajstić information content (AvgIpc) is 2.77. The molecule has 5 nitrogen and oxygen atoms in total. The zero-order valence-electron chi connectivity index (χ0n) is 18.5. The number of hydrogen-bond acceptors (Lipinski definition) is 6. The summed E-state index contributed by atoms with van der Waals surface area (Å²) in [5.74, 6) is 3.15. The van der Waals surface area contributed by atoms with Crippen molar-refractivity contribution in [1.29, 1.82) is 0 Å². The number of ether oxygens (including phenoxy) is 1. The van der Waals surface area contributed by atoms with E-state index in [2.05, 4.69) is 12.4 Å². The molecular weight excluding hydrogens is 434 g/mol. The first-order valence-corrected chi connectivity index (χ1v) is 13.0. The van der Waals surface area contributed by atoms with Crippen molar-refractivity contribution in [3.63, 3.8) is 0 Å². The molecule has 0 aromatic heterocycles. The van der Waals surface area contributed by atoms with Gasteiger partial charge in [-0.2, -0.15) is 17.2 Å². The first-order chi connectivity index (χ1) is 15.0. The maximum absolute atomic E-state index is 13.0. The summed E-state index contributed by atoms with van der Waals surface area (Å²) in [4.78, 5) is 31.9. The summed E-state index contributed by atoms with van der Waals surface area (Å²) in [6, 6.07) is 6.77. The molecule has 1 saturated carbocycles. The molecule has 2 aliphatic rings. The van der Waals surface area contributed by atoms with Gasteiger partial charge in [-0.05, 0) is 66.9 Å². The van der Waals surface area contributed by atoms with Crippen LogP contribution in [-0.4, -0.2) is 35.4 Å². The zero-order chi connectivity index (χ0) is 22.2. The number of benzene rings is 1. The number of ketones is 2. The number of hydrogen-bond donors (Lipinski definition) is 1. The van der Waals surface area contributed by atoms with E-state index in [4.69, 9.17) is 21.2 Å². The summed E-state index contributed by atoms with van der Waals surface area (Å²) in [5.41, 5.74) is 3.03. The summed E-state index contributed by atoms with van der Waals surface area (Å²) in [5, 5.41) is 0.641. The van der Waals surface area contributed by atoms with Crippen molar-refractivity contribution >= 4 is 34.9 Å². The SMILES string of the molecule is CCCC(NOC(CC)Oc1ccc(Cl)cc1)C1C(=O)CC(C2CCCSC2)CC1=O. The number of halogens is 1. The topological polar surface area (TPSA) is 64.6 Å². The van der Waals surface area contributed by atoms with E-state index in [1.54, 1.807) is 24.3 Å². The monoisotopic (exact) mass is 467 g/mol. The number of nitrogens with one attached hydrogen (secondary N) is 1. The highest BCUT2D eigenvalue weighted by Gasteiger charge is 2.42. The Bertz CT molecular complexity index is 705. The summed E-state index contributed by atoms with van der Waals surface area (Å²) in [6.45, 7) is 4.01. The second kappa shape index (κ2) is 12.2. The van der Waals surface area contributed by atoms with Crippen LogP contribution >= 0.6 is 23.4 Å². The van der Waals surface area contributed by atoms with Crippen LogP contribution in [0.4, 0.5) is 0 Å². The highest BCUT2D eigenvalue weighted by molar-refractivity contribution is 7.99. The van der Waals surface area contributed by atoms with Crippen molar-refractivity contribution in [2.24, 2.45) is 17.8 Å². The van der Waals surface area contributed by atoms with Crippen LogP contribution in [0.1, 0.15) is 58.8 Å². The fourth-order valence-electron chi connectivity index (χ4n) is 4.57. The Balaban J connectivity index is 1.59. The zero-order valence-corrected chi connectivity index (χ0v) is 20.1. The van der Waals surface area contributed by atoms with Gasteiger partial charge in [0.05, 0.1) is 5.92 Å². The summed E-state index contributed by atoms with van der Waals surface area (Å²) in [7, 11) is 0. The lowest BCUT2D eigenvalue weighted by atomic mass is 9.71. The molecule has 3 rings (SSSR count). The first kappa shape index (κ1) is 24.6. The van der Waals surface area contributed by atoms with Crippen LogP contribution in [0.5, 0.6) is 5.75 Å². The van der Waals surface area contributed by atoms with Gasteiger partial charge in [0.15, 0.2) is 0 Å². The standard InChI is InChI=1S/C24H34ClNO4S/c1-3-6-20(26-30-23(4-2)29-19-10-8-18(25)9-11-19)24-21(27)13-17(14-22(24)28)16-7-5-12-31-15-16/h8-11,16-17,20,23-24,26H,3-7,12-15H2,1-2H3. The molecule has 1 N–H and O–H groups in total. The van der Waals surface area contributed by atoms with Gasteiger partial charge in [-0.25, -0.2) is 0 Å². The predicted octanol–water partition coefficient (Wildman–Crippen LogP) is 5.45. The van der Waals surface area contributed by atoms with E-state index in [1.807, 2.05) is 18.7 Å². The lowest BCUT2D eigenvalue weighted by molar-refractivity contribution is -0.159. The van der Waals surface area contributed by atoms with Gasteiger partial charge in [0.1, 0.15) is 17.3 Å². The first-order valence-electron chi connectivity index (χ1n) is 11.5. The molecule has 0 bridgehead atoms. The van der Waals surface area contributed by atoms with Crippen LogP contribution in [-0.2, 0) is 14.4 Å². The molecule has 31 heavy (non-hydrogen) atoms. The Morgan fingerprint density at radius 1 is 1.13 bits per heavy atom. The molecule has 2 fully saturated rings. The van der Waals surface area contributed by atoms with Crippen LogP contribution in [0.25, 0.3) is 0 Å². The van der Waals surface area contributed by atoms with Crippen LogP contribution < -0.4 is 10.2 Å². The van der Waals surface area contributed by atoms with E-state index < -0.39 is 12.2 Å². The van der Waals surface area contributed by atoms with Crippen molar-refractivity contribution in [2.45, 2.75) is 71.1 Å². The number of carbonyl (C=O) groups excluding carboxylic acids is 2. The second-order valence-corrected chi connectivity index (χ2v) is 10.2. The van der Waals surface area contributed by atoms with E-state index in [9.17, 15) is 9.59 Å². The lowest BCUT2D eigenvalue weighted by Gasteiger charge is -2.36. The molecule has 1 aromatic carbocycles. The van der Waals surface area contributed by atoms with Gasteiger partial charge in [0.2, 0.25) is 6.29 Å². The molecule has 1 heterocycles. The van der Waals surface area contributed by atoms with Gasteiger partial charge in [-0.1, -0.05) is 31.9 Å². The van der Waals surface area contributed by atoms with Gasteiger partial charge in [-0.3, -0.25) is 14.4 Å². The van der Waals surface area contributed by atoms with Crippen molar-refractivity contribution < 1.29 is 19.2 Å². The fraction of sp³-hybridized carbons (Fsp3) is 0.667. The highest BCUT2D eigenvalue weighted by Crippen LogP contribution is 2.37. The quantitative estimate of drug-likeness (QED) is 0.280. The van der Waals surface area contributed by atoms with E-state index in [0.29, 0.717) is 42.4 Å². The maximum atomic E-state index is 13.0. The Morgan fingerprint density at radius 2 is 1.84 bits per heavy atom. The molecule has 3 atom stereocenters. The molecule has 7 heteroatoms. The third-order valence-electron chi connectivity index (χ3n) is 6.25. The fourth-order valence-corrected chi connectivity index (χ4v) is 5.97. The second-order valence-electron chi connectivity index (χ2n) is 8.60. The molecule has 1 aromatic rings. The third-order valence-corrected chi connectivity index (χ3v) is 7.74. The van der Waals surface area contributed by atoms with Crippen molar-refractivity contribution in [3.05, 3.63) is 29.3 Å². The number of thioether (sulfide) groups is 1. The highest BCUT2D eigenvalue weighted by atomic mass is 35.5. The molecular formula is C24H34ClNO4S. The van der Waals surface area contributed by atoms with E-state index in [0.717, 1.165) is 18.6 Å². The molecule has 0 spiro atoms. The molecule has 0 amide bonds. The van der Waals surface area contributed by atoms with Crippen LogP contribution in [0.2, 0.25) is 5.02 Å². The Morgan fingerprint density at radius 3 is 2.42 bits per heavy atom. The van der Waals surface area contributed by atoms with Crippen LogP contribution in [0.3, 0.4) is 0 Å². The minimum absolute atomic E-state index is 0.0676. The lowest BCUT2D eigenvalue weighted by Crippen LogP contribution is -2.49. The predicted molar refractivity (Wildman–Crippen MR) is 125 cm³/mol. The number of hydroxylamine groups is 1. The maximum Gasteiger partial charge on any atom is 0.217 e. The van der Waals surface area contributed by atoms with E-state index in [1.165, 1.54) is 12.2 Å². The van der Waals surface area contributed by atoms with E-state index >= 15 is 0 Å². The number of carbonyl (C=O) groups is 2. The van der Waals surface area contributed by atoms with Crippen molar-refractivity contribution in [2.75, 3.05) is 11.5 Å². The van der Waals surface area contributed by atoms with Crippen LogP contribution in [0.15, 0.2) is 24.3 Å². The van der Waals surface area contributed by atoms with E-state index in [-0.39, 0.29) is 23.5 Å². The molecule has 1 aliphatic carbocycles. The molecule has 0 radical (unpaired) electrons. The Hall–Kier alpha value is -1.08. The van der Waals surface area contributed by atoms with Gasteiger partial charge in [-0.15, -0.1) is 0 Å². The minimum atomic E-state index is -0.625. The average molecular weight is 468 g/mol. The number of rotatable bonds is 10.